The minimum Gasteiger partial charge on any atom is -0.459 e. The zero-order valence-electron chi connectivity index (χ0n) is 14.3. The van der Waals surface area contributed by atoms with Gasteiger partial charge in [-0.2, -0.15) is 0 Å². The molecular formula is C19H19N3O3S. The van der Waals surface area contributed by atoms with Crippen LogP contribution >= 0.6 is 11.8 Å². The number of furan rings is 1. The minimum atomic E-state index is 0.120. The first-order valence-corrected chi connectivity index (χ1v) is 9.66. The summed E-state index contributed by atoms with van der Waals surface area (Å²) < 4.78 is 10.8. The van der Waals surface area contributed by atoms with Gasteiger partial charge in [-0.25, -0.2) is 0 Å². The summed E-state index contributed by atoms with van der Waals surface area (Å²) in [6, 6.07) is 11.3. The number of carbonyl (C=O) groups excluding carboxylic acids is 1. The monoisotopic (exact) mass is 369 g/mol. The van der Waals surface area contributed by atoms with E-state index in [-0.39, 0.29) is 5.91 Å². The van der Waals surface area contributed by atoms with Crippen molar-refractivity contribution < 1.29 is 13.6 Å². The molecule has 0 aliphatic carbocycles. The fourth-order valence-corrected chi connectivity index (χ4v) is 3.69. The Morgan fingerprint density at radius 2 is 2.00 bits per heavy atom. The maximum Gasteiger partial charge on any atom is 0.284 e. The van der Waals surface area contributed by atoms with E-state index in [4.69, 9.17) is 8.83 Å². The van der Waals surface area contributed by atoms with Crippen LogP contribution in [0.15, 0.2) is 56.7 Å². The Labute approximate surface area is 155 Å². The molecule has 0 radical (unpaired) electrons. The molecule has 2 aromatic heterocycles. The SMILES string of the molecule is O=C(c1cccc(CSc2nnc(-c3ccco3)o2)c1)N1CCCCC1. The lowest BCUT2D eigenvalue weighted by atomic mass is 10.1. The van der Waals surface area contributed by atoms with Crippen molar-refractivity contribution in [2.45, 2.75) is 30.2 Å². The number of likely N-dealkylation sites (tertiary alicyclic amines) is 1. The Kier molecular flexibility index (Phi) is 5.06. The van der Waals surface area contributed by atoms with E-state index in [0.29, 0.717) is 22.6 Å². The van der Waals surface area contributed by atoms with E-state index >= 15 is 0 Å². The predicted octanol–water partition coefficient (Wildman–Crippen LogP) is 4.25. The van der Waals surface area contributed by atoms with Crippen LogP contribution in [-0.4, -0.2) is 34.1 Å². The summed E-state index contributed by atoms with van der Waals surface area (Å²) in [7, 11) is 0. The van der Waals surface area contributed by atoms with Gasteiger partial charge in [-0.15, -0.1) is 10.2 Å². The maximum absolute atomic E-state index is 12.6. The van der Waals surface area contributed by atoms with Gasteiger partial charge in [-0.3, -0.25) is 4.79 Å². The van der Waals surface area contributed by atoms with Gasteiger partial charge in [0.05, 0.1) is 6.26 Å². The highest BCUT2D eigenvalue weighted by Gasteiger charge is 2.18. The first kappa shape index (κ1) is 16.9. The molecule has 1 aromatic carbocycles. The quantitative estimate of drug-likeness (QED) is 0.626. The zero-order chi connectivity index (χ0) is 17.8. The van der Waals surface area contributed by atoms with Crippen LogP contribution in [0.5, 0.6) is 0 Å². The van der Waals surface area contributed by atoms with E-state index in [0.717, 1.165) is 37.1 Å². The molecular weight excluding hydrogens is 350 g/mol. The Bertz CT molecular complexity index is 870. The number of nitrogens with zero attached hydrogens (tertiary/aromatic N) is 3. The van der Waals surface area contributed by atoms with E-state index in [9.17, 15) is 4.79 Å². The van der Waals surface area contributed by atoms with Gasteiger partial charge in [-0.1, -0.05) is 23.9 Å². The Hall–Kier alpha value is -2.54. The highest BCUT2D eigenvalue weighted by molar-refractivity contribution is 7.98. The van der Waals surface area contributed by atoms with Crippen LogP contribution in [0.1, 0.15) is 35.2 Å². The smallest absolute Gasteiger partial charge is 0.284 e. The van der Waals surface area contributed by atoms with Gasteiger partial charge in [0.2, 0.25) is 0 Å². The summed E-state index contributed by atoms with van der Waals surface area (Å²) in [5.41, 5.74) is 1.79. The molecule has 134 valence electrons. The van der Waals surface area contributed by atoms with Gasteiger partial charge in [0.1, 0.15) is 0 Å². The van der Waals surface area contributed by atoms with Crippen LogP contribution in [0, 0.1) is 0 Å². The number of aromatic nitrogens is 2. The molecule has 4 rings (SSSR count). The maximum atomic E-state index is 12.6. The lowest BCUT2D eigenvalue weighted by Crippen LogP contribution is -2.35. The molecule has 1 aliphatic rings. The third-order valence-corrected chi connectivity index (χ3v) is 5.21. The Morgan fingerprint density at radius 1 is 1.12 bits per heavy atom. The average Bonchev–Trinajstić information content (AvgIpc) is 3.38. The zero-order valence-corrected chi connectivity index (χ0v) is 15.1. The van der Waals surface area contributed by atoms with Crippen LogP contribution in [0.4, 0.5) is 0 Å². The van der Waals surface area contributed by atoms with Crippen LogP contribution < -0.4 is 0 Å². The summed E-state index contributed by atoms with van der Waals surface area (Å²) in [6.07, 6.45) is 4.97. The molecule has 0 N–H and O–H groups in total. The van der Waals surface area contributed by atoms with Crippen molar-refractivity contribution in [3.63, 3.8) is 0 Å². The topological polar surface area (TPSA) is 72.4 Å². The van der Waals surface area contributed by atoms with Gasteiger partial charge in [0.25, 0.3) is 17.0 Å². The number of rotatable bonds is 5. The standard InChI is InChI=1S/C19H19N3O3S/c23-18(22-9-2-1-3-10-22)15-7-4-6-14(12-15)13-26-19-21-20-17(25-19)16-8-5-11-24-16/h4-8,11-12H,1-3,9-10,13H2. The minimum absolute atomic E-state index is 0.120. The summed E-state index contributed by atoms with van der Waals surface area (Å²) in [4.78, 5) is 14.6. The van der Waals surface area contributed by atoms with Crippen LogP contribution in [-0.2, 0) is 5.75 Å². The molecule has 0 spiro atoms. The Morgan fingerprint density at radius 3 is 2.81 bits per heavy atom. The summed E-state index contributed by atoms with van der Waals surface area (Å²) in [5.74, 6) is 1.69. The second kappa shape index (κ2) is 7.78. The van der Waals surface area contributed by atoms with Crippen molar-refractivity contribution in [3.8, 4) is 11.7 Å². The van der Waals surface area contributed by atoms with Crippen molar-refractivity contribution in [1.82, 2.24) is 15.1 Å². The van der Waals surface area contributed by atoms with E-state index in [1.807, 2.05) is 29.2 Å². The number of thioether (sulfide) groups is 1. The van der Waals surface area contributed by atoms with Gasteiger partial charge in [0, 0.05) is 24.4 Å². The second-order valence-electron chi connectivity index (χ2n) is 6.19. The molecule has 3 heterocycles. The average molecular weight is 369 g/mol. The number of hydrogen-bond acceptors (Lipinski definition) is 6. The second-order valence-corrected chi connectivity index (χ2v) is 7.12. The molecule has 1 amide bonds. The molecule has 6 nitrogen and oxygen atoms in total. The summed E-state index contributed by atoms with van der Waals surface area (Å²) >= 11 is 1.44. The molecule has 0 bridgehead atoms. The largest absolute Gasteiger partial charge is 0.459 e. The molecule has 1 saturated heterocycles. The number of benzene rings is 1. The van der Waals surface area contributed by atoms with Crippen molar-refractivity contribution >= 4 is 17.7 Å². The lowest BCUT2D eigenvalue weighted by molar-refractivity contribution is 0.0724. The summed E-state index contributed by atoms with van der Waals surface area (Å²) in [5, 5.41) is 8.49. The molecule has 3 aromatic rings. The number of hydrogen-bond donors (Lipinski definition) is 0. The lowest BCUT2D eigenvalue weighted by Gasteiger charge is -2.26. The van der Waals surface area contributed by atoms with Crippen LogP contribution in [0.2, 0.25) is 0 Å². The molecule has 0 saturated carbocycles. The van der Waals surface area contributed by atoms with Gasteiger partial charge in [0.15, 0.2) is 5.76 Å². The molecule has 1 aliphatic heterocycles. The normalized spacial score (nSPS) is 14.5. The number of amides is 1. The fourth-order valence-electron chi connectivity index (χ4n) is 2.99. The van der Waals surface area contributed by atoms with Gasteiger partial charge < -0.3 is 13.7 Å². The highest BCUT2D eigenvalue weighted by Crippen LogP contribution is 2.26. The molecule has 1 fully saturated rings. The molecule has 7 heteroatoms. The number of carbonyl (C=O) groups is 1. The van der Waals surface area contributed by atoms with Crippen molar-refractivity contribution in [1.29, 1.82) is 0 Å². The van der Waals surface area contributed by atoms with Crippen LogP contribution in [0.3, 0.4) is 0 Å². The molecule has 26 heavy (non-hydrogen) atoms. The predicted molar refractivity (Wildman–Crippen MR) is 97.8 cm³/mol. The van der Waals surface area contributed by atoms with Crippen molar-refractivity contribution in [2.75, 3.05) is 13.1 Å². The Balaban J connectivity index is 1.40. The third kappa shape index (κ3) is 3.83. The van der Waals surface area contributed by atoms with E-state index in [1.165, 1.54) is 18.2 Å². The number of piperidine rings is 1. The van der Waals surface area contributed by atoms with E-state index in [1.54, 1.807) is 18.4 Å². The van der Waals surface area contributed by atoms with E-state index in [2.05, 4.69) is 10.2 Å². The van der Waals surface area contributed by atoms with Crippen molar-refractivity contribution in [3.05, 3.63) is 53.8 Å². The molecule has 0 unspecified atom stereocenters. The van der Waals surface area contributed by atoms with Crippen molar-refractivity contribution in [2.24, 2.45) is 0 Å². The van der Waals surface area contributed by atoms with E-state index < -0.39 is 0 Å². The fraction of sp³-hybridized carbons (Fsp3) is 0.316. The van der Waals surface area contributed by atoms with Crippen LogP contribution in [0.25, 0.3) is 11.7 Å². The first-order chi connectivity index (χ1) is 12.8. The third-order valence-electron chi connectivity index (χ3n) is 4.32. The van der Waals surface area contributed by atoms with Gasteiger partial charge in [-0.05, 0) is 49.1 Å². The molecule has 0 atom stereocenters. The highest BCUT2D eigenvalue weighted by atomic mass is 32.2. The van der Waals surface area contributed by atoms with Gasteiger partial charge >= 0.3 is 0 Å². The summed E-state index contributed by atoms with van der Waals surface area (Å²) in [6.45, 7) is 1.71. The first-order valence-electron chi connectivity index (χ1n) is 8.68.